The van der Waals surface area contributed by atoms with Gasteiger partial charge in [0.1, 0.15) is 5.82 Å². The molecule has 2 saturated heterocycles. The van der Waals surface area contributed by atoms with E-state index < -0.39 is 34.9 Å². The van der Waals surface area contributed by atoms with E-state index in [1.54, 1.807) is 6.07 Å². The number of epoxide rings is 1. The lowest BCUT2D eigenvalue weighted by molar-refractivity contribution is -0.138. The largest absolute Gasteiger partial charge is 0.493 e. The van der Waals surface area contributed by atoms with Crippen LogP contribution in [-0.4, -0.2) is 53.9 Å². The van der Waals surface area contributed by atoms with Crippen LogP contribution in [0.15, 0.2) is 29.1 Å². The number of aromatic amines is 1. The fraction of sp³-hybridized carbons (Fsp3) is 0.481. The molecule has 4 atom stereocenters. The zero-order valence-electron chi connectivity index (χ0n) is 22.2. The molecule has 39 heavy (non-hydrogen) atoms. The summed E-state index contributed by atoms with van der Waals surface area (Å²) in [5.41, 5.74) is -2.22. The number of aryl methyl sites for hydroxylation is 1. The van der Waals surface area contributed by atoms with Crippen molar-refractivity contribution >= 4 is 16.6 Å². The molecule has 0 bridgehead atoms. The average molecular weight is 551 g/mol. The average Bonchev–Trinajstić information content (AvgIpc) is 3.65. The lowest BCUT2D eigenvalue weighted by Gasteiger charge is -2.39. The summed E-state index contributed by atoms with van der Waals surface area (Å²) in [5, 5.41) is 2.85. The van der Waals surface area contributed by atoms with Crippen LogP contribution in [-0.2, 0) is 21.4 Å². The first-order valence-electron chi connectivity index (χ1n) is 12.6. The molecule has 5 rings (SSSR count). The molecular weight excluding hydrogens is 520 g/mol. The zero-order valence-corrected chi connectivity index (χ0v) is 22.2. The highest BCUT2D eigenvalue weighted by molar-refractivity contribution is 5.80. The van der Waals surface area contributed by atoms with E-state index in [0.717, 1.165) is 12.1 Å². The van der Waals surface area contributed by atoms with Crippen molar-refractivity contribution in [1.29, 1.82) is 0 Å². The first-order chi connectivity index (χ1) is 18.3. The Labute approximate surface area is 222 Å². The van der Waals surface area contributed by atoms with E-state index in [4.69, 9.17) is 14.2 Å². The van der Waals surface area contributed by atoms with Gasteiger partial charge in [-0.15, -0.1) is 0 Å². The molecule has 2 aromatic carbocycles. The Balaban J connectivity index is 1.51. The normalized spacial score (nSPS) is 24.5. The van der Waals surface area contributed by atoms with Gasteiger partial charge in [0.2, 0.25) is 0 Å². The van der Waals surface area contributed by atoms with Gasteiger partial charge in [-0.1, -0.05) is 0 Å². The number of hydrogen-bond donors (Lipinski definition) is 2. The van der Waals surface area contributed by atoms with Gasteiger partial charge in [-0.3, -0.25) is 9.69 Å². The predicted molar refractivity (Wildman–Crippen MR) is 136 cm³/mol. The highest BCUT2D eigenvalue weighted by Crippen LogP contribution is 2.49. The van der Waals surface area contributed by atoms with Gasteiger partial charge < -0.3 is 24.5 Å². The number of hydrogen-bond acceptors (Lipinski definition) is 7. The summed E-state index contributed by atoms with van der Waals surface area (Å²) in [6.07, 6.45) is -4.80. The van der Waals surface area contributed by atoms with Gasteiger partial charge in [0.15, 0.2) is 17.3 Å². The van der Waals surface area contributed by atoms with Gasteiger partial charge in [-0.25, -0.2) is 9.37 Å². The SMILES string of the molecule is COc1c(C2(N3C[C@@H](C)O[C@@H](C)C3)CO2)ccc(N[C@@H](C)c2cc3c(=O)[nH]c(C)nc3cc2C(F)(F)F)c1F. The van der Waals surface area contributed by atoms with Gasteiger partial charge in [0.25, 0.3) is 5.56 Å². The summed E-state index contributed by atoms with van der Waals surface area (Å²) in [5.74, 6) is -0.607. The van der Waals surface area contributed by atoms with E-state index in [0.29, 0.717) is 25.3 Å². The second-order valence-corrected chi connectivity index (χ2v) is 10.2. The van der Waals surface area contributed by atoms with Crippen LogP contribution in [0.3, 0.4) is 0 Å². The standard InChI is InChI=1S/C27H30F4N4O4/c1-13-10-35(11-14(2)39-13)26(12-38-26)19-6-7-21(23(28)24(19)37-5)32-15(3)17-8-18-22(9-20(17)27(29,30)31)33-16(4)34-25(18)36/h6-9,13-15,32H,10-12H2,1-5H3,(H,33,34,36)/t13-,14+,15-,26?/m0/s1. The Morgan fingerprint density at radius 2 is 1.90 bits per heavy atom. The van der Waals surface area contributed by atoms with Crippen LogP contribution in [0.25, 0.3) is 10.9 Å². The molecule has 3 aromatic rings. The molecule has 0 saturated carbocycles. The fourth-order valence-electron chi connectivity index (χ4n) is 5.46. The van der Waals surface area contributed by atoms with Crippen LogP contribution in [0.2, 0.25) is 0 Å². The van der Waals surface area contributed by atoms with E-state index >= 15 is 4.39 Å². The Morgan fingerprint density at radius 1 is 1.23 bits per heavy atom. The minimum Gasteiger partial charge on any atom is -0.493 e. The summed E-state index contributed by atoms with van der Waals surface area (Å²) in [6, 6.07) is 4.11. The third kappa shape index (κ3) is 4.96. The summed E-state index contributed by atoms with van der Waals surface area (Å²) in [4.78, 5) is 21.1. The van der Waals surface area contributed by atoms with Crippen molar-refractivity contribution in [2.24, 2.45) is 0 Å². The molecule has 0 aliphatic carbocycles. The summed E-state index contributed by atoms with van der Waals surface area (Å²) < 4.78 is 75.0. The lowest BCUT2D eigenvalue weighted by atomic mass is 9.97. The number of aromatic nitrogens is 2. The minimum absolute atomic E-state index is 0.00689. The van der Waals surface area contributed by atoms with E-state index in [2.05, 4.69) is 20.2 Å². The van der Waals surface area contributed by atoms with E-state index in [-0.39, 0.29) is 45.9 Å². The lowest BCUT2D eigenvalue weighted by Crippen LogP contribution is -2.51. The molecule has 0 radical (unpaired) electrons. The molecule has 2 aliphatic rings. The molecule has 0 amide bonds. The number of fused-ring (bicyclic) bond motifs is 1. The molecule has 2 N–H and O–H groups in total. The fourth-order valence-corrected chi connectivity index (χ4v) is 5.46. The topological polar surface area (TPSA) is 92.0 Å². The number of nitrogens with zero attached hydrogens (tertiary/aromatic N) is 2. The Kier molecular flexibility index (Phi) is 6.84. The summed E-state index contributed by atoms with van der Waals surface area (Å²) in [7, 11) is 1.34. The molecule has 12 heteroatoms. The van der Waals surface area contributed by atoms with Crippen LogP contribution in [0.1, 0.15) is 49.3 Å². The van der Waals surface area contributed by atoms with Crippen molar-refractivity contribution < 1.29 is 31.8 Å². The number of nitrogens with one attached hydrogen (secondary N) is 2. The van der Waals surface area contributed by atoms with Gasteiger partial charge >= 0.3 is 6.18 Å². The second-order valence-electron chi connectivity index (χ2n) is 10.2. The third-order valence-electron chi connectivity index (χ3n) is 7.21. The quantitative estimate of drug-likeness (QED) is 0.335. The van der Waals surface area contributed by atoms with Crippen LogP contribution < -0.4 is 15.6 Å². The number of rotatable bonds is 6. The molecular formula is C27H30F4N4O4. The van der Waals surface area contributed by atoms with Crippen LogP contribution >= 0.6 is 0 Å². The number of ether oxygens (including phenoxy) is 3. The van der Waals surface area contributed by atoms with Gasteiger partial charge in [-0.2, -0.15) is 13.2 Å². The smallest absolute Gasteiger partial charge is 0.416 e. The number of alkyl halides is 3. The summed E-state index contributed by atoms with van der Waals surface area (Å²) in [6.45, 7) is 8.39. The number of benzene rings is 2. The predicted octanol–water partition coefficient (Wildman–Crippen LogP) is 4.86. The van der Waals surface area contributed by atoms with E-state index in [1.165, 1.54) is 27.0 Å². The van der Waals surface area contributed by atoms with Crippen molar-refractivity contribution in [1.82, 2.24) is 14.9 Å². The highest BCUT2D eigenvalue weighted by atomic mass is 19.4. The molecule has 0 spiro atoms. The molecule has 1 unspecified atom stereocenters. The maximum absolute atomic E-state index is 15.8. The molecule has 210 valence electrons. The number of morpholine rings is 1. The molecule has 1 aromatic heterocycles. The van der Waals surface area contributed by atoms with Crippen LogP contribution in [0.5, 0.6) is 5.75 Å². The Bertz CT molecular complexity index is 1460. The number of methoxy groups -OCH3 is 1. The van der Waals surface area contributed by atoms with Gasteiger partial charge in [0.05, 0.1) is 48.1 Å². The monoisotopic (exact) mass is 550 g/mol. The molecule has 3 heterocycles. The van der Waals surface area contributed by atoms with Crippen molar-refractivity contribution in [2.45, 2.75) is 57.8 Å². The minimum atomic E-state index is -4.72. The summed E-state index contributed by atoms with van der Waals surface area (Å²) >= 11 is 0. The van der Waals surface area contributed by atoms with Gasteiger partial charge in [0, 0.05) is 24.7 Å². The highest BCUT2D eigenvalue weighted by Gasteiger charge is 2.55. The maximum Gasteiger partial charge on any atom is 0.416 e. The first-order valence-corrected chi connectivity index (χ1v) is 12.6. The van der Waals surface area contributed by atoms with E-state index in [9.17, 15) is 18.0 Å². The molecule has 2 fully saturated rings. The Morgan fingerprint density at radius 3 is 2.49 bits per heavy atom. The second kappa shape index (κ2) is 9.76. The Hall–Kier alpha value is -3.22. The van der Waals surface area contributed by atoms with Crippen molar-refractivity contribution in [3.8, 4) is 5.75 Å². The number of anilines is 1. The van der Waals surface area contributed by atoms with Crippen LogP contribution in [0, 0.1) is 12.7 Å². The number of halogens is 4. The van der Waals surface area contributed by atoms with Gasteiger partial charge in [-0.05, 0) is 57.5 Å². The molecule has 2 aliphatic heterocycles. The zero-order chi connectivity index (χ0) is 28.3. The van der Waals surface area contributed by atoms with Crippen molar-refractivity contribution in [2.75, 3.05) is 32.1 Å². The maximum atomic E-state index is 15.8. The van der Waals surface area contributed by atoms with Crippen LogP contribution in [0.4, 0.5) is 23.2 Å². The molecule has 8 nitrogen and oxygen atoms in total. The first kappa shape index (κ1) is 27.4. The van der Waals surface area contributed by atoms with Crippen molar-refractivity contribution in [3.63, 3.8) is 0 Å². The van der Waals surface area contributed by atoms with Crippen molar-refractivity contribution in [3.05, 3.63) is 63.0 Å². The number of H-pyrrole nitrogens is 1. The van der Waals surface area contributed by atoms with E-state index in [1.807, 2.05) is 13.8 Å². The third-order valence-corrected chi connectivity index (χ3v) is 7.21.